The zero-order chi connectivity index (χ0) is 51.7. The third-order valence-corrected chi connectivity index (χ3v) is 11.8. The number of benzene rings is 1. The zero-order valence-electron chi connectivity index (χ0n) is 38.0. The summed E-state index contributed by atoms with van der Waals surface area (Å²) in [5.74, 6) is -1.28. The van der Waals surface area contributed by atoms with E-state index in [-0.39, 0.29) is 67.3 Å². The molecule has 5 unspecified atom stereocenters. The number of ether oxygens (including phenoxy) is 5. The lowest BCUT2D eigenvalue weighted by molar-refractivity contribution is -0.159. The van der Waals surface area contributed by atoms with Crippen LogP contribution in [-0.4, -0.2) is 129 Å². The molecule has 71 heavy (non-hydrogen) atoms. The van der Waals surface area contributed by atoms with Crippen molar-refractivity contribution in [1.29, 1.82) is 0 Å². The number of phosphoric ester groups is 2. The summed E-state index contributed by atoms with van der Waals surface area (Å²) in [6.45, 7) is 2.80. The number of anilines is 2. The Hall–Kier alpha value is -6.33. The molecular weight excluding hydrogens is 988 g/mol. The van der Waals surface area contributed by atoms with Crippen molar-refractivity contribution in [3.63, 3.8) is 0 Å². The maximum absolute atomic E-state index is 14.1. The molecule has 5 heterocycles. The van der Waals surface area contributed by atoms with Gasteiger partial charge in [0.25, 0.3) is 0 Å². The van der Waals surface area contributed by atoms with Gasteiger partial charge in [-0.2, -0.15) is 4.98 Å². The van der Waals surface area contributed by atoms with Crippen molar-refractivity contribution in [2.75, 3.05) is 31.2 Å². The maximum Gasteiger partial charge on any atom is 0.472 e. The predicted molar refractivity (Wildman–Crippen MR) is 240 cm³/mol. The molecule has 0 aliphatic carbocycles. The normalized spacial score (nSPS) is 22.5. The smallest absolute Gasteiger partial charge is 0.455 e. The molecular formula is C38H51N13O18P2. The van der Waals surface area contributed by atoms with Gasteiger partial charge in [0.05, 0.1) is 19.5 Å². The van der Waals surface area contributed by atoms with Crippen molar-refractivity contribution in [1.82, 2.24) is 39.7 Å². The van der Waals surface area contributed by atoms with E-state index in [1.807, 2.05) is 0 Å². The predicted octanol–water partition coefficient (Wildman–Crippen LogP) is 2.25. The van der Waals surface area contributed by atoms with Crippen LogP contribution in [0.25, 0.3) is 21.6 Å². The molecule has 0 spiro atoms. The number of imidazole rings is 1. The van der Waals surface area contributed by atoms with E-state index < -0.39 is 107 Å². The van der Waals surface area contributed by atoms with Gasteiger partial charge in [-0.25, -0.2) is 43.3 Å². The minimum atomic E-state index is -5.29. The minimum absolute atomic E-state index is 0.0289. The number of carbonyl (C=O) groups is 3. The van der Waals surface area contributed by atoms with Crippen molar-refractivity contribution >= 4 is 62.3 Å². The standard InChI is InChI=1S/C38H51N13O18P2/c1-38(2,3)68-37(56)46-22(10-6-7-12-42-36(55)62-15-20-8-4-5-9-21(20)48-49-41)34(53)67-30-25(66-33(29(30)52)51-19-45-28-31(40)43-18-44-32(28)51)17-64-71(60,61)69-23-14-27(50-13-11-26(39)47-35(50)54)65-24(23)16-63-70(57,58)59/h4-5,8-9,11,13,18-19,22-25,27,29-30,33,52H,6-7,10,12,14-17H2,1-3H3,(H,42,55)(H,46,56)(H,60,61)(H2,39,47,54)(H2,40,43,44)(H2,57,58,59)/t22-,23+,24-,25?,27-,29?,30?,33?/m1/s1. The van der Waals surface area contributed by atoms with Gasteiger partial charge in [-0.3, -0.25) is 22.7 Å². The summed E-state index contributed by atoms with van der Waals surface area (Å²) in [6.07, 6.45) is -9.24. The number of aliphatic hydroxyl groups is 1. The summed E-state index contributed by atoms with van der Waals surface area (Å²) in [7, 11) is -10.4. The third-order valence-electron chi connectivity index (χ3n) is 10.3. The molecule has 2 amide bonds. The highest BCUT2D eigenvalue weighted by molar-refractivity contribution is 7.47. The summed E-state index contributed by atoms with van der Waals surface area (Å²) >= 11 is 0. The molecule has 2 fully saturated rings. The molecule has 33 heteroatoms. The van der Waals surface area contributed by atoms with E-state index in [1.54, 1.807) is 45.0 Å². The number of esters is 1. The number of hydrogen-bond acceptors (Lipinski definition) is 22. The van der Waals surface area contributed by atoms with Gasteiger partial charge in [0, 0.05) is 29.8 Å². The second-order valence-electron chi connectivity index (χ2n) is 16.7. The quantitative estimate of drug-likeness (QED) is 0.0113. The first-order valence-electron chi connectivity index (χ1n) is 21.4. The summed E-state index contributed by atoms with van der Waals surface area (Å²) in [6, 6.07) is 6.30. The Morgan fingerprint density at radius 1 is 1.01 bits per heavy atom. The van der Waals surface area contributed by atoms with Crippen LogP contribution in [0.1, 0.15) is 64.5 Å². The van der Waals surface area contributed by atoms with Crippen LogP contribution in [-0.2, 0) is 57.8 Å². The van der Waals surface area contributed by atoms with Crippen LogP contribution >= 0.6 is 15.6 Å². The number of aliphatic hydroxyl groups excluding tert-OH is 1. The van der Waals surface area contributed by atoms with Crippen LogP contribution in [0.4, 0.5) is 26.9 Å². The molecule has 9 atom stereocenters. The van der Waals surface area contributed by atoms with Gasteiger partial charge in [0.15, 0.2) is 23.8 Å². The first kappa shape index (κ1) is 54.0. The van der Waals surface area contributed by atoms with E-state index in [4.69, 9.17) is 49.7 Å². The Kier molecular flexibility index (Phi) is 17.7. The van der Waals surface area contributed by atoms with E-state index >= 15 is 0 Å². The molecule has 10 N–H and O–H groups in total. The van der Waals surface area contributed by atoms with E-state index in [0.29, 0.717) is 5.56 Å². The summed E-state index contributed by atoms with van der Waals surface area (Å²) in [5.41, 5.74) is 19.4. The fourth-order valence-electron chi connectivity index (χ4n) is 7.15. The van der Waals surface area contributed by atoms with Gasteiger partial charge in [0.2, 0.25) is 0 Å². The van der Waals surface area contributed by atoms with Crippen molar-refractivity contribution in [2.24, 2.45) is 5.11 Å². The summed E-state index contributed by atoms with van der Waals surface area (Å²) in [4.78, 5) is 100. The van der Waals surface area contributed by atoms with Crippen LogP contribution in [0.15, 0.2) is 59.1 Å². The molecule has 2 aliphatic heterocycles. The lowest BCUT2D eigenvalue weighted by Gasteiger charge is -2.26. The lowest BCUT2D eigenvalue weighted by atomic mass is 10.1. The molecule has 31 nitrogen and oxygen atoms in total. The fraction of sp³-hybridized carbons (Fsp3) is 0.526. The van der Waals surface area contributed by atoms with Crippen molar-refractivity contribution in [3.8, 4) is 0 Å². The Bertz CT molecular complexity index is 2750. The number of azide groups is 1. The van der Waals surface area contributed by atoms with Gasteiger partial charge in [-0.15, -0.1) is 0 Å². The molecule has 386 valence electrons. The highest BCUT2D eigenvalue weighted by Gasteiger charge is 2.50. The topological polar surface area (TPSA) is 443 Å². The number of hydrogen-bond donors (Lipinski definition) is 8. The SMILES string of the molecule is CC(C)(C)OC(=O)N[C@H](CCCCNC(=O)OCc1ccccc1N=[N+]=[N-])C(=O)OC1C(COP(=O)(O)O[C@H]2C[C@H](n3ccc(N)nc3=O)O[C@@H]2COP(=O)(O)O)OC(n2cnc3c(N)ncnc32)C1O. The van der Waals surface area contributed by atoms with Crippen LogP contribution in [0, 0.1) is 0 Å². The molecule has 3 aromatic heterocycles. The largest absolute Gasteiger partial charge is 0.472 e. The minimum Gasteiger partial charge on any atom is -0.455 e. The molecule has 2 aliphatic rings. The highest BCUT2D eigenvalue weighted by atomic mass is 31.2. The number of nitrogens with two attached hydrogens (primary N) is 2. The second-order valence-corrected chi connectivity index (χ2v) is 19.3. The molecule has 0 radical (unpaired) electrons. The average molecular weight is 1040 g/mol. The molecule has 4 aromatic rings. The molecule has 0 saturated carbocycles. The van der Waals surface area contributed by atoms with Gasteiger partial charge >= 0.3 is 39.5 Å². The number of rotatable bonds is 21. The van der Waals surface area contributed by atoms with E-state index in [1.165, 1.54) is 23.2 Å². The summed E-state index contributed by atoms with van der Waals surface area (Å²) < 4.78 is 70.9. The number of aromatic nitrogens is 6. The van der Waals surface area contributed by atoms with Crippen LogP contribution < -0.4 is 27.8 Å². The first-order valence-corrected chi connectivity index (χ1v) is 24.4. The van der Waals surface area contributed by atoms with E-state index in [0.717, 1.165) is 10.9 Å². The molecule has 1 aromatic carbocycles. The Balaban J connectivity index is 1.16. The number of alkyl carbamates (subject to hydrolysis) is 2. The number of nitrogens with one attached hydrogen (secondary N) is 2. The van der Waals surface area contributed by atoms with Crippen molar-refractivity contribution in [3.05, 3.63) is 75.7 Å². The Morgan fingerprint density at radius 3 is 2.48 bits per heavy atom. The third kappa shape index (κ3) is 15.1. The van der Waals surface area contributed by atoms with Gasteiger partial charge in [-0.05, 0) is 57.2 Å². The van der Waals surface area contributed by atoms with Crippen molar-refractivity contribution in [2.45, 2.75) is 108 Å². The van der Waals surface area contributed by atoms with Gasteiger partial charge in [0.1, 0.15) is 66.6 Å². The molecule has 6 rings (SSSR count). The number of carbonyl (C=O) groups excluding carboxylic acids is 3. The maximum atomic E-state index is 14.1. The number of nitrogen functional groups attached to an aromatic ring is 2. The second kappa shape index (κ2) is 23.3. The number of amides is 2. The number of nitrogens with zero attached hydrogens (tertiary/aromatic N) is 9. The van der Waals surface area contributed by atoms with E-state index in [2.05, 4.69) is 45.1 Å². The number of fused-ring (bicyclic) bond motifs is 1. The van der Waals surface area contributed by atoms with E-state index in [9.17, 15) is 48.1 Å². The van der Waals surface area contributed by atoms with Crippen LogP contribution in [0.3, 0.4) is 0 Å². The van der Waals surface area contributed by atoms with Gasteiger partial charge < -0.3 is 65.6 Å². The monoisotopic (exact) mass is 1040 g/mol. The van der Waals surface area contributed by atoms with Crippen LogP contribution in [0.2, 0.25) is 0 Å². The Labute approximate surface area is 401 Å². The summed E-state index contributed by atoms with van der Waals surface area (Å²) in [5, 5.41) is 20.4. The average Bonchev–Trinajstić information content (AvgIpc) is 3.98. The van der Waals surface area contributed by atoms with Gasteiger partial charge in [-0.1, -0.05) is 29.4 Å². The Morgan fingerprint density at radius 2 is 1.76 bits per heavy atom. The zero-order valence-corrected chi connectivity index (χ0v) is 39.8. The lowest BCUT2D eigenvalue weighted by Crippen LogP contribution is -2.47. The van der Waals surface area contributed by atoms with Crippen molar-refractivity contribution < 1.29 is 80.6 Å². The highest BCUT2D eigenvalue weighted by Crippen LogP contribution is 2.50. The fourth-order valence-corrected chi connectivity index (χ4v) is 8.46. The number of phosphoric acid groups is 2. The molecule has 2 saturated heterocycles. The first-order chi connectivity index (χ1) is 33.5. The number of unbranched alkanes of at least 4 members (excludes halogenated alkanes) is 1. The molecule has 0 bridgehead atoms. The van der Waals surface area contributed by atoms with Crippen LogP contribution in [0.5, 0.6) is 0 Å².